The van der Waals surface area contributed by atoms with Crippen LogP contribution in [0.1, 0.15) is 36.8 Å². The van der Waals surface area contributed by atoms with Crippen LogP contribution in [0.5, 0.6) is 0 Å². The molecule has 0 heterocycles. The lowest BCUT2D eigenvalue weighted by atomic mass is 9.82. The number of benzene rings is 1. The Kier molecular flexibility index (Phi) is 3.05. The van der Waals surface area contributed by atoms with Gasteiger partial charge in [-0.15, -0.1) is 0 Å². The molecular weight excluding hydrogens is 186 g/mol. The number of fused-ring (bicyclic) bond motifs is 1. The molecule has 15 heavy (non-hydrogen) atoms. The molecule has 1 atom stereocenters. The van der Waals surface area contributed by atoms with Gasteiger partial charge in [0.25, 0.3) is 0 Å². The third kappa shape index (κ3) is 2.04. The summed E-state index contributed by atoms with van der Waals surface area (Å²) < 4.78 is 0. The van der Waals surface area contributed by atoms with Crippen LogP contribution in [-0.2, 0) is 11.2 Å². The Morgan fingerprint density at radius 1 is 1.47 bits per heavy atom. The molecule has 0 aliphatic heterocycles. The number of hydrogen-bond acceptors (Lipinski definition) is 1. The predicted octanol–water partition coefficient (Wildman–Crippen LogP) is 2.24. The maximum absolute atomic E-state index is 11.8. The van der Waals surface area contributed by atoms with Crippen molar-refractivity contribution in [1.29, 1.82) is 0 Å². The third-order valence-corrected chi connectivity index (χ3v) is 3.04. The first-order valence-electron chi connectivity index (χ1n) is 5.68. The minimum Gasteiger partial charge on any atom is -0.356 e. The fraction of sp³-hybridized carbons (Fsp3) is 0.462. The number of nitrogens with one attached hydrogen (secondary N) is 1. The van der Waals surface area contributed by atoms with Gasteiger partial charge in [0.05, 0.1) is 5.92 Å². The molecule has 1 aliphatic carbocycles. The van der Waals surface area contributed by atoms with Crippen molar-refractivity contribution in [3.05, 3.63) is 35.4 Å². The molecule has 1 aromatic rings. The van der Waals surface area contributed by atoms with Gasteiger partial charge in [-0.2, -0.15) is 0 Å². The quantitative estimate of drug-likeness (QED) is 0.784. The molecular formula is C13H17NO. The highest BCUT2D eigenvalue weighted by Gasteiger charge is 2.25. The Morgan fingerprint density at radius 2 is 2.27 bits per heavy atom. The number of hydrogen-bond donors (Lipinski definition) is 1. The van der Waals surface area contributed by atoms with E-state index in [0.717, 1.165) is 25.8 Å². The molecule has 0 saturated heterocycles. The fourth-order valence-corrected chi connectivity index (χ4v) is 2.32. The van der Waals surface area contributed by atoms with Crippen molar-refractivity contribution in [2.45, 2.75) is 32.1 Å². The minimum absolute atomic E-state index is 0.0786. The van der Waals surface area contributed by atoms with Gasteiger partial charge in [-0.05, 0) is 37.3 Å². The summed E-state index contributed by atoms with van der Waals surface area (Å²) in [6.07, 6.45) is 3.23. The largest absolute Gasteiger partial charge is 0.356 e. The minimum atomic E-state index is 0.0786. The molecule has 1 N–H and O–H groups in total. The maximum Gasteiger partial charge on any atom is 0.227 e. The molecule has 2 rings (SSSR count). The van der Waals surface area contributed by atoms with Crippen LogP contribution < -0.4 is 5.32 Å². The van der Waals surface area contributed by atoms with Crippen LogP contribution in [0.3, 0.4) is 0 Å². The van der Waals surface area contributed by atoms with Crippen LogP contribution in [0, 0.1) is 0 Å². The van der Waals surface area contributed by atoms with Gasteiger partial charge < -0.3 is 5.32 Å². The van der Waals surface area contributed by atoms with E-state index in [2.05, 4.69) is 23.5 Å². The molecule has 1 aromatic carbocycles. The zero-order valence-electron chi connectivity index (χ0n) is 9.12. The normalized spacial score (nSPS) is 19.4. The van der Waals surface area contributed by atoms with Crippen molar-refractivity contribution in [1.82, 2.24) is 5.32 Å². The fourth-order valence-electron chi connectivity index (χ4n) is 2.32. The SMILES string of the molecule is CCNC(=O)[C@@H]1CCCc2ccccc21. The summed E-state index contributed by atoms with van der Waals surface area (Å²) in [4.78, 5) is 11.8. The van der Waals surface area contributed by atoms with Crippen LogP contribution >= 0.6 is 0 Å². The number of carbonyl (C=O) groups is 1. The topological polar surface area (TPSA) is 29.1 Å². The van der Waals surface area contributed by atoms with Crippen molar-refractivity contribution >= 4 is 5.91 Å². The molecule has 80 valence electrons. The van der Waals surface area contributed by atoms with Crippen molar-refractivity contribution in [2.75, 3.05) is 6.54 Å². The zero-order valence-corrected chi connectivity index (χ0v) is 9.12. The second kappa shape index (κ2) is 4.47. The summed E-state index contributed by atoms with van der Waals surface area (Å²) in [5.74, 6) is 0.263. The lowest BCUT2D eigenvalue weighted by Gasteiger charge is -2.24. The van der Waals surface area contributed by atoms with Gasteiger partial charge in [0, 0.05) is 6.54 Å². The van der Waals surface area contributed by atoms with Crippen LogP contribution in [0.2, 0.25) is 0 Å². The van der Waals surface area contributed by atoms with Gasteiger partial charge in [0.2, 0.25) is 5.91 Å². The van der Waals surface area contributed by atoms with E-state index >= 15 is 0 Å². The van der Waals surface area contributed by atoms with E-state index < -0.39 is 0 Å². The van der Waals surface area contributed by atoms with Gasteiger partial charge in [-0.1, -0.05) is 24.3 Å². The first-order valence-corrected chi connectivity index (χ1v) is 5.68. The van der Waals surface area contributed by atoms with E-state index in [1.165, 1.54) is 11.1 Å². The van der Waals surface area contributed by atoms with E-state index in [9.17, 15) is 4.79 Å². The van der Waals surface area contributed by atoms with Crippen LogP contribution in [0.15, 0.2) is 24.3 Å². The number of aryl methyl sites for hydroxylation is 1. The summed E-state index contributed by atoms with van der Waals surface area (Å²) in [6.45, 7) is 2.68. The molecule has 0 radical (unpaired) electrons. The Labute approximate surface area is 90.7 Å². The molecule has 0 unspecified atom stereocenters. The Hall–Kier alpha value is -1.31. The van der Waals surface area contributed by atoms with E-state index in [4.69, 9.17) is 0 Å². The highest BCUT2D eigenvalue weighted by atomic mass is 16.1. The lowest BCUT2D eigenvalue weighted by Crippen LogP contribution is -2.31. The zero-order chi connectivity index (χ0) is 10.7. The van der Waals surface area contributed by atoms with Crippen LogP contribution in [-0.4, -0.2) is 12.5 Å². The second-order valence-corrected chi connectivity index (χ2v) is 4.04. The van der Waals surface area contributed by atoms with Gasteiger partial charge in [-0.25, -0.2) is 0 Å². The monoisotopic (exact) mass is 203 g/mol. The molecule has 0 bridgehead atoms. The highest BCUT2D eigenvalue weighted by Crippen LogP contribution is 2.31. The Morgan fingerprint density at radius 3 is 3.07 bits per heavy atom. The highest BCUT2D eigenvalue weighted by molar-refractivity contribution is 5.84. The molecule has 0 saturated carbocycles. The molecule has 0 aromatic heterocycles. The molecule has 2 heteroatoms. The average molecular weight is 203 g/mol. The summed E-state index contributed by atoms with van der Waals surface area (Å²) in [5, 5.41) is 2.92. The standard InChI is InChI=1S/C13H17NO/c1-2-14-13(15)12-9-5-7-10-6-3-4-8-11(10)12/h3-4,6,8,12H,2,5,7,9H2,1H3,(H,14,15)/t12-/m1/s1. The predicted molar refractivity (Wildman–Crippen MR) is 60.8 cm³/mol. The van der Waals surface area contributed by atoms with Crippen molar-refractivity contribution in [3.63, 3.8) is 0 Å². The first-order chi connectivity index (χ1) is 7.33. The molecule has 1 aliphatic rings. The van der Waals surface area contributed by atoms with Crippen molar-refractivity contribution < 1.29 is 4.79 Å². The smallest absolute Gasteiger partial charge is 0.227 e. The average Bonchev–Trinajstić information content (AvgIpc) is 2.28. The van der Waals surface area contributed by atoms with E-state index in [0.29, 0.717) is 0 Å². The third-order valence-electron chi connectivity index (χ3n) is 3.04. The van der Waals surface area contributed by atoms with Crippen molar-refractivity contribution in [2.24, 2.45) is 0 Å². The van der Waals surface area contributed by atoms with Crippen molar-refractivity contribution in [3.8, 4) is 0 Å². The molecule has 2 nitrogen and oxygen atoms in total. The molecule has 0 spiro atoms. The van der Waals surface area contributed by atoms with Gasteiger partial charge in [-0.3, -0.25) is 4.79 Å². The number of amides is 1. The number of rotatable bonds is 2. The second-order valence-electron chi connectivity index (χ2n) is 4.04. The van der Waals surface area contributed by atoms with E-state index in [-0.39, 0.29) is 11.8 Å². The number of likely N-dealkylation sites (N-methyl/N-ethyl adjacent to an activating group) is 1. The molecule has 1 amide bonds. The number of carbonyl (C=O) groups excluding carboxylic acids is 1. The summed E-state index contributed by atoms with van der Waals surface area (Å²) in [7, 11) is 0. The van der Waals surface area contributed by atoms with E-state index in [1.54, 1.807) is 0 Å². The van der Waals surface area contributed by atoms with Crippen LogP contribution in [0.25, 0.3) is 0 Å². The lowest BCUT2D eigenvalue weighted by molar-refractivity contribution is -0.122. The van der Waals surface area contributed by atoms with Gasteiger partial charge in [0.1, 0.15) is 0 Å². The maximum atomic E-state index is 11.8. The van der Waals surface area contributed by atoms with Gasteiger partial charge in [0.15, 0.2) is 0 Å². The first kappa shape index (κ1) is 10.2. The Bertz CT molecular complexity index is 359. The Balaban J connectivity index is 2.25. The summed E-state index contributed by atoms with van der Waals surface area (Å²) in [5.41, 5.74) is 2.58. The van der Waals surface area contributed by atoms with E-state index in [1.807, 2.05) is 13.0 Å². The molecule has 0 fully saturated rings. The summed E-state index contributed by atoms with van der Waals surface area (Å²) in [6, 6.07) is 8.31. The van der Waals surface area contributed by atoms with Crippen LogP contribution in [0.4, 0.5) is 0 Å². The van der Waals surface area contributed by atoms with Gasteiger partial charge >= 0.3 is 0 Å². The summed E-state index contributed by atoms with van der Waals surface area (Å²) >= 11 is 0.